The molecule has 0 radical (unpaired) electrons. The summed E-state index contributed by atoms with van der Waals surface area (Å²) in [6.45, 7) is 4.30. The molecule has 0 aromatic heterocycles. The molecule has 0 aliphatic carbocycles. The number of alkyl halides is 1. The Labute approximate surface area is 159 Å². The van der Waals surface area contributed by atoms with Crippen LogP contribution in [0.1, 0.15) is 30.9 Å². The zero-order chi connectivity index (χ0) is 19.0. The standard InChI is InChI=1S/C21H25ClN2O2/c1-21(2,15-22)20(26)24-14-13-23-19(25)18(16-9-5-3-6-10-16)17-11-7-4-8-12-17/h3-12,18H,13-15H2,1-2H3,(H,23,25)(H,24,26). The average Bonchev–Trinajstić information content (AvgIpc) is 2.67. The van der Waals surface area contributed by atoms with Gasteiger partial charge in [0.2, 0.25) is 11.8 Å². The van der Waals surface area contributed by atoms with Crippen LogP contribution in [-0.4, -0.2) is 30.8 Å². The van der Waals surface area contributed by atoms with Gasteiger partial charge in [-0.05, 0) is 25.0 Å². The minimum atomic E-state index is -0.623. The summed E-state index contributed by atoms with van der Waals surface area (Å²) in [5.74, 6) is -0.347. The molecule has 0 bridgehead atoms. The van der Waals surface area contributed by atoms with Crippen LogP contribution in [0.25, 0.3) is 0 Å². The fraction of sp³-hybridized carbons (Fsp3) is 0.333. The van der Waals surface area contributed by atoms with E-state index in [1.54, 1.807) is 13.8 Å². The van der Waals surface area contributed by atoms with Crippen LogP contribution in [0.2, 0.25) is 0 Å². The molecule has 0 saturated carbocycles. The van der Waals surface area contributed by atoms with E-state index < -0.39 is 5.41 Å². The van der Waals surface area contributed by atoms with Gasteiger partial charge in [0, 0.05) is 19.0 Å². The van der Waals surface area contributed by atoms with E-state index in [1.807, 2.05) is 60.7 Å². The van der Waals surface area contributed by atoms with Gasteiger partial charge in [0.05, 0.1) is 11.3 Å². The molecular formula is C21H25ClN2O2. The van der Waals surface area contributed by atoms with Crippen LogP contribution in [0.3, 0.4) is 0 Å². The first-order valence-electron chi connectivity index (χ1n) is 8.67. The minimum Gasteiger partial charge on any atom is -0.354 e. The number of hydrogen-bond acceptors (Lipinski definition) is 2. The Bertz CT molecular complexity index is 678. The summed E-state index contributed by atoms with van der Waals surface area (Å²) >= 11 is 5.80. The maximum absolute atomic E-state index is 12.8. The van der Waals surface area contributed by atoms with Crippen LogP contribution in [0.4, 0.5) is 0 Å². The molecule has 2 amide bonds. The Morgan fingerprint density at radius 3 is 1.81 bits per heavy atom. The topological polar surface area (TPSA) is 58.2 Å². The maximum atomic E-state index is 12.8. The molecule has 0 aliphatic rings. The van der Waals surface area contributed by atoms with Crippen molar-refractivity contribution in [3.63, 3.8) is 0 Å². The molecule has 0 spiro atoms. The lowest BCUT2D eigenvalue weighted by Crippen LogP contribution is -2.42. The zero-order valence-corrected chi connectivity index (χ0v) is 15.9. The number of halogens is 1. The quantitative estimate of drug-likeness (QED) is 0.551. The second-order valence-corrected chi connectivity index (χ2v) is 7.09. The lowest BCUT2D eigenvalue weighted by atomic mass is 9.90. The van der Waals surface area contributed by atoms with Gasteiger partial charge in [-0.25, -0.2) is 0 Å². The number of rotatable bonds is 8. The molecule has 0 heterocycles. The lowest BCUT2D eigenvalue weighted by molar-refractivity contribution is -0.128. The van der Waals surface area contributed by atoms with E-state index in [2.05, 4.69) is 10.6 Å². The van der Waals surface area contributed by atoms with Gasteiger partial charge in [0.1, 0.15) is 0 Å². The van der Waals surface area contributed by atoms with Crippen LogP contribution in [0.15, 0.2) is 60.7 Å². The third kappa shape index (κ3) is 5.33. The van der Waals surface area contributed by atoms with Crippen LogP contribution in [0.5, 0.6) is 0 Å². The Kier molecular flexibility index (Phi) is 7.22. The first-order valence-corrected chi connectivity index (χ1v) is 9.21. The molecular weight excluding hydrogens is 348 g/mol. The Morgan fingerprint density at radius 1 is 0.885 bits per heavy atom. The Morgan fingerprint density at radius 2 is 1.35 bits per heavy atom. The minimum absolute atomic E-state index is 0.0896. The van der Waals surface area contributed by atoms with Crippen molar-refractivity contribution >= 4 is 23.4 Å². The van der Waals surface area contributed by atoms with Gasteiger partial charge in [0.15, 0.2) is 0 Å². The normalized spacial score (nSPS) is 11.2. The summed E-state index contributed by atoms with van der Waals surface area (Å²) < 4.78 is 0. The Hall–Kier alpha value is -2.33. The monoisotopic (exact) mass is 372 g/mol. The van der Waals surface area contributed by atoms with Crippen molar-refractivity contribution in [3.8, 4) is 0 Å². The summed E-state index contributed by atoms with van der Waals surface area (Å²) in [6.07, 6.45) is 0. The predicted octanol–water partition coefficient (Wildman–Crippen LogP) is 3.32. The molecule has 0 fully saturated rings. The van der Waals surface area contributed by atoms with Gasteiger partial charge < -0.3 is 10.6 Å². The molecule has 2 N–H and O–H groups in total. The lowest BCUT2D eigenvalue weighted by Gasteiger charge is -2.21. The number of benzene rings is 2. The van der Waals surface area contributed by atoms with E-state index >= 15 is 0 Å². The highest BCUT2D eigenvalue weighted by Crippen LogP contribution is 2.24. The van der Waals surface area contributed by atoms with Crippen molar-refractivity contribution in [2.75, 3.05) is 19.0 Å². The van der Waals surface area contributed by atoms with Gasteiger partial charge in [-0.1, -0.05) is 60.7 Å². The molecule has 0 saturated heterocycles. The third-order valence-corrected chi connectivity index (χ3v) is 4.85. The van der Waals surface area contributed by atoms with Gasteiger partial charge in [-0.15, -0.1) is 11.6 Å². The van der Waals surface area contributed by atoms with Gasteiger partial charge >= 0.3 is 0 Å². The maximum Gasteiger partial charge on any atom is 0.232 e. The molecule has 2 aromatic carbocycles. The summed E-state index contributed by atoms with van der Waals surface area (Å²) in [5, 5.41) is 5.73. The van der Waals surface area contributed by atoms with Crippen LogP contribution in [-0.2, 0) is 9.59 Å². The molecule has 4 nitrogen and oxygen atoms in total. The van der Waals surface area contributed by atoms with Gasteiger partial charge in [-0.3, -0.25) is 9.59 Å². The number of hydrogen-bond donors (Lipinski definition) is 2. The van der Waals surface area contributed by atoms with Crippen LogP contribution < -0.4 is 10.6 Å². The van der Waals surface area contributed by atoms with Crippen molar-refractivity contribution in [1.29, 1.82) is 0 Å². The fourth-order valence-corrected chi connectivity index (χ4v) is 2.67. The molecule has 138 valence electrons. The second kappa shape index (κ2) is 9.39. The third-order valence-electron chi connectivity index (χ3n) is 4.19. The van der Waals surface area contributed by atoms with Crippen molar-refractivity contribution in [1.82, 2.24) is 10.6 Å². The highest BCUT2D eigenvalue weighted by Gasteiger charge is 2.26. The first-order chi connectivity index (χ1) is 12.5. The van der Waals surface area contributed by atoms with E-state index in [4.69, 9.17) is 11.6 Å². The highest BCUT2D eigenvalue weighted by atomic mass is 35.5. The molecule has 2 aromatic rings. The molecule has 0 unspecified atom stereocenters. The van der Waals surface area contributed by atoms with Crippen molar-refractivity contribution < 1.29 is 9.59 Å². The summed E-state index contributed by atoms with van der Waals surface area (Å²) in [4.78, 5) is 24.8. The number of carbonyl (C=O) groups excluding carboxylic acids is 2. The molecule has 26 heavy (non-hydrogen) atoms. The molecule has 0 aliphatic heterocycles. The van der Waals surface area contributed by atoms with Gasteiger partial charge in [-0.2, -0.15) is 0 Å². The van der Waals surface area contributed by atoms with Crippen molar-refractivity contribution in [2.45, 2.75) is 19.8 Å². The van der Waals surface area contributed by atoms with E-state index in [9.17, 15) is 9.59 Å². The van der Waals surface area contributed by atoms with E-state index in [0.29, 0.717) is 13.1 Å². The largest absolute Gasteiger partial charge is 0.354 e. The second-order valence-electron chi connectivity index (χ2n) is 6.82. The van der Waals surface area contributed by atoms with Gasteiger partial charge in [0.25, 0.3) is 0 Å². The van der Waals surface area contributed by atoms with Crippen molar-refractivity contribution in [3.05, 3.63) is 71.8 Å². The van der Waals surface area contributed by atoms with E-state index in [1.165, 1.54) is 0 Å². The number of amides is 2. The molecule has 5 heteroatoms. The fourth-order valence-electron chi connectivity index (χ4n) is 2.55. The smallest absolute Gasteiger partial charge is 0.232 e. The Balaban J connectivity index is 1.99. The summed E-state index contributed by atoms with van der Waals surface area (Å²) in [5.41, 5.74) is 1.24. The zero-order valence-electron chi connectivity index (χ0n) is 15.2. The highest BCUT2D eigenvalue weighted by molar-refractivity contribution is 6.19. The predicted molar refractivity (Wildman–Crippen MR) is 105 cm³/mol. The van der Waals surface area contributed by atoms with E-state index in [-0.39, 0.29) is 23.6 Å². The first kappa shape index (κ1) is 20.0. The molecule has 0 atom stereocenters. The summed E-state index contributed by atoms with van der Waals surface area (Å²) in [6, 6.07) is 19.3. The average molecular weight is 373 g/mol. The summed E-state index contributed by atoms with van der Waals surface area (Å²) in [7, 11) is 0. The SMILES string of the molecule is CC(C)(CCl)C(=O)NCCNC(=O)C(c1ccccc1)c1ccccc1. The number of carbonyl (C=O) groups is 2. The number of nitrogens with one attached hydrogen (secondary N) is 2. The van der Waals surface area contributed by atoms with E-state index in [0.717, 1.165) is 11.1 Å². The molecule has 2 rings (SSSR count). The van der Waals surface area contributed by atoms with Crippen LogP contribution >= 0.6 is 11.6 Å². The van der Waals surface area contributed by atoms with Crippen molar-refractivity contribution in [2.24, 2.45) is 5.41 Å². The van der Waals surface area contributed by atoms with Crippen LogP contribution in [0, 0.1) is 5.41 Å².